The van der Waals surface area contributed by atoms with Gasteiger partial charge >= 0.3 is 0 Å². The number of hydrogen-bond acceptors (Lipinski definition) is 5. The Morgan fingerprint density at radius 1 is 1.42 bits per heavy atom. The summed E-state index contributed by atoms with van der Waals surface area (Å²) in [6.07, 6.45) is 0.800. The van der Waals surface area contributed by atoms with Crippen LogP contribution < -0.4 is 4.90 Å². The molecule has 3 heterocycles. The van der Waals surface area contributed by atoms with Crippen LogP contribution in [-0.4, -0.2) is 65.4 Å². The van der Waals surface area contributed by atoms with Crippen molar-refractivity contribution < 1.29 is 19.4 Å². The van der Waals surface area contributed by atoms with Crippen molar-refractivity contribution in [2.24, 2.45) is 0 Å². The Labute approximate surface area is 138 Å². The van der Waals surface area contributed by atoms with Gasteiger partial charge in [0, 0.05) is 43.7 Å². The largest absolute Gasteiger partial charge is 0.394 e. The third-order valence-electron chi connectivity index (χ3n) is 5.03. The van der Waals surface area contributed by atoms with Gasteiger partial charge in [-0.2, -0.15) is 0 Å². The van der Waals surface area contributed by atoms with E-state index in [4.69, 9.17) is 5.11 Å². The van der Waals surface area contributed by atoms with E-state index in [-0.39, 0.29) is 18.3 Å². The highest BCUT2D eigenvalue weighted by molar-refractivity contribution is 6.13. The molecule has 24 heavy (non-hydrogen) atoms. The van der Waals surface area contributed by atoms with Crippen LogP contribution in [0.2, 0.25) is 0 Å². The topological polar surface area (TPSA) is 76.9 Å². The van der Waals surface area contributed by atoms with Crippen LogP contribution in [-0.2, 0) is 10.2 Å². The summed E-state index contributed by atoms with van der Waals surface area (Å²) >= 11 is 0. The predicted molar refractivity (Wildman–Crippen MR) is 86.3 cm³/mol. The van der Waals surface area contributed by atoms with Crippen molar-refractivity contribution in [3.05, 3.63) is 35.8 Å². The van der Waals surface area contributed by atoms with Crippen molar-refractivity contribution in [1.29, 1.82) is 0 Å². The number of aliphatic hydroxyl groups is 2. The summed E-state index contributed by atoms with van der Waals surface area (Å²) in [4.78, 5) is 20.7. The second kappa shape index (κ2) is 5.20. The number of likely N-dealkylation sites (tertiary alicyclic amines) is 1. The summed E-state index contributed by atoms with van der Waals surface area (Å²) in [6.45, 7) is 0.954. The molecule has 0 saturated carbocycles. The molecule has 4 rings (SSSR count). The second-order valence-corrected chi connectivity index (χ2v) is 6.63. The minimum Gasteiger partial charge on any atom is -0.394 e. The van der Waals surface area contributed by atoms with Gasteiger partial charge in [0.25, 0.3) is 0 Å². The summed E-state index contributed by atoms with van der Waals surface area (Å²) in [5, 5.41) is 19.4. The number of amides is 1. The first-order valence-corrected chi connectivity index (χ1v) is 7.84. The van der Waals surface area contributed by atoms with Gasteiger partial charge in [-0.25, -0.2) is 4.39 Å². The molecule has 1 aromatic heterocycles. The lowest BCUT2D eigenvalue weighted by atomic mass is 9.73. The Morgan fingerprint density at radius 2 is 2.17 bits per heavy atom. The standard InChI is InChI=1S/C17H18FN3O3/c1-20-14-5-19-13-4-10(18)2-3-12(13)15(14)17(16(20)24)8-21(9-17)6-11(23)7-22/h2-5,11,22-23H,6-9H2,1H3. The van der Waals surface area contributed by atoms with Crippen molar-refractivity contribution in [3.8, 4) is 0 Å². The fourth-order valence-electron chi connectivity index (χ4n) is 3.95. The van der Waals surface area contributed by atoms with Gasteiger partial charge in [0.05, 0.1) is 30.1 Å². The molecule has 0 aliphatic carbocycles. The Kier molecular flexibility index (Phi) is 3.35. The highest BCUT2D eigenvalue weighted by Crippen LogP contribution is 2.49. The number of benzene rings is 1. The fourth-order valence-corrected chi connectivity index (χ4v) is 3.95. The third-order valence-corrected chi connectivity index (χ3v) is 5.03. The molecule has 1 amide bonds. The van der Waals surface area contributed by atoms with E-state index in [9.17, 15) is 14.3 Å². The molecule has 1 unspecified atom stereocenters. The number of β-amino-alcohol motifs (C(OH)–C–C–N with tert-alkyl or cyclic N) is 1. The zero-order valence-corrected chi connectivity index (χ0v) is 13.2. The molecule has 2 aliphatic rings. The molecule has 7 heteroatoms. The molecular formula is C17H18FN3O3. The summed E-state index contributed by atoms with van der Waals surface area (Å²) in [6, 6.07) is 4.43. The van der Waals surface area contributed by atoms with E-state index in [2.05, 4.69) is 4.98 Å². The van der Waals surface area contributed by atoms with Crippen molar-refractivity contribution in [2.75, 3.05) is 38.2 Å². The molecular weight excluding hydrogens is 313 g/mol. The predicted octanol–water partition coefficient (Wildman–Crippen LogP) is 0.257. The lowest BCUT2D eigenvalue weighted by Gasteiger charge is -2.47. The van der Waals surface area contributed by atoms with Gasteiger partial charge in [-0.05, 0) is 12.1 Å². The first-order chi connectivity index (χ1) is 11.5. The number of anilines is 1. The van der Waals surface area contributed by atoms with E-state index < -0.39 is 11.5 Å². The van der Waals surface area contributed by atoms with E-state index in [1.807, 2.05) is 4.90 Å². The monoisotopic (exact) mass is 331 g/mol. The lowest BCUT2D eigenvalue weighted by Crippen LogP contribution is -2.64. The van der Waals surface area contributed by atoms with Gasteiger partial charge in [-0.3, -0.25) is 14.7 Å². The number of rotatable bonds is 3. The molecule has 1 aromatic carbocycles. The minimum absolute atomic E-state index is 0.00846. The number of fused-ring (bicyclic) bond motifs is 4. The number of carbonyl (C=O) groups is 1. The van der Waals surface area contributed by atoms with Crippen LogP contribution in [0.15, 0.2) is 24.4 Å². The Bertz CT molecular complexity index is 835. The number of aliphatic hydroxyl groups excluding tert-OH is 2. The number of carbonyl (C=O) groups excluding carboxylic acids is 1. The van der Waals surface area contributed by atoms with Crippen LogP contribution in [0.4, 0.5) is 10.1 Å². The van der Waals surface area contributed by atoms with Gasteiger partial charge in [-0.15, -0.1) is 0 Å². The van der Waals surface area contributed by atoms with Gasteiger partial charge in [0.1, 0.15) is 11.2 Å². The summed E-state index contributed by atoms with van der Waals surface area (Å²) in [7, 11) is 1.72. The number of halogens is 1. The molecule has 6 nitrogen and oxygen atoms in total. The van der Waals surface area contributed by atoms with Gasteiger partial charge in [-0.1, -0.05) is 0 Å². The van der Waals surface area contributed by atoms with Crippen LogP contribution >= 0.6 is 0 Å². The van der Waals surface area contributed by atoms with Crippen LogP contribution in [0.25, 0.3) is 10.9 Å². The maximum atomic E-state index is 13.5. The third kappa shape index (κ3) is 1.98. The molecule has 2 aliphatic heterocycles. The zero-order chi connectivity index (χ0) is 17.1. The molecule has 1 saturated heterocycles. The number of nitrogens with zero attached hydrogens (tertiary/aromatic N) is 3. The Balaban J connectivity index is 1.78. The quantitative estimate of drug-likeness (QED) is 0.844. The normalized spacial score (nSPS) is 20.5. The van der Waals surface area contributed by atoms with Crippen LogP contribution in [0, 0.1) is 5.82 Å². The number of pyridine rings is 1. The molecule has 0 radical (unpaired) electrons. The SMILES string of the molecule is CN1C(=O)C2(CN(CC(O)CO)C2)c2c1cnc1cc(F)ccc21. The Hall–Kier alpha value is -2.09. The smallest absolute Gasteiger partial charge is 0.240 e. The lowest BCUT2D eigenvalue weighted by molar-refractivity contribution is -0.130. The molecule has 1 atom stereocenters. The number of aromatic nitrogens is 1. The van der Waals surface area contributed by atoms with E-state index >= 15 is 0 Å². The molecule has 126 valence electrons. The molecule has 1 spiro atoms. The molecule has 0 bridgehead atoms. The highest BCUT2D eigenvalue weighted by atomic mass is 19.1. The summed E-state index contributed by atoms with van der Waals surface area (Å²) in [5.74, 6) is -0.367. The first-order valence-electron chi connectivity index (χ1n) is 7.84. The first kappa shape index (κ1) is 15.4. The van der Waals surface area contributed by atoms with Crippen LogP contribution in [0.1, 0.15) is 5.56 Å². The van der Waals surface area contributed by atoms with E-state index in [1.165, 1.54) is 12.1 Å². The molecule has 2 N–H and O–H groups in total. The van der Waals surface area contributed by atoms with Crippen LogP contribution in [0.3, 0.4) is 0 Å². The van der Waals surface area contributed by atoms with E-state index in [0.29, 0.717) is 25.2 Å². The molecule has 2 aromatic rings. The fraction of sp³-hybridized carbons (Fsp3) is 0.412. The highest BCUT2D eigenvalue weighted by Gasteiger charge is 2.58. The maximum absolute atomic E-state index is 13.5. The van der Waals surface area contributed by atoms with Gasteiger partial charge < -0.3 is 15.1 Å². The molecule has 1 fully saturated rings. The summed E-state index contributed by atoms with van der Waals surface area (Å²) in [5.41, 5.74) is 1.49. The van der Waals surface area contributed by atoms with Crippen molar-refractivity contribution in [3.63, 3.8) is 0 Å². The van der Waals surface area contributed by atoms with E-state index in [0.717, 1.165) is 16.6 Å². The van der Waals surface area contributed by atoms with Crippen molar-refractivity contribution in [1.82, 2.24) is 9.88 Å². The second-order valence-electron chi connectivity index (χ2n) is 6.63. The number of hydrogen-bond donors (Lipinski definition) is 2. The van der Waals surface area contributed by atoms with Gasteiger partial charge in [0.2, 0.25) is 5.91 Å². The average molecular weight is 331 g/mol. The Morgan fingerprint density at radius 3 is 2.88 bits per heavy atom. The maximum Gasteiger partial charge on any atom is 0.240 e. The minimum atomic E-state index is -0.820. The number of likely N-dealkylation sites (N-methyl/N-ethyl adjacent to an activating group) is 1. The van der Waals surface area contributed by atoms with Crippen molar-refractivity contribution in [2.45, 2.75) is 11.5 Å². The zero-order valence-electron chi connectivity index (χ0n) is 13.2. The van der Waals surface area contributed by atoms with Crippen LogP contribution in [0.5, 0.6) is 0 Å². The van der Waals surface area contributed by atoms with E-state index in [1.54, 1.807) is 24.2 Å². The van der Waals surface area contributed by atoms with Crippen molar-refractivity contribution >= 4 is 22.5 Å². The summed E-state index contributed by atoms with van der Waals surface area (Å²) < 4.78 is 13.5. The van der Waals surface area contributed by atoms with Gasteiger partial charge in [0.15, 0.2) is 0 Å². The average Bonchev–Trinajstić information content (AvgIpc) is 2.76.